The van der Waals surface area contributed by atoms with Crippen LogP contribution in [0, 0.1) is 11.3 Å². The zero-order valence-electron chi connectivity index (χ0n) is 12.7. The number of aromatic nitrogens is 1. The van der Waals surface area contributed by atoms with Crippen LogP contribution in [0.3, 0.4) is 0 Å². The molecule has 1 aromatic heterocycles. The molecule has 2 rings (SSSR count). The third kappa shape index (κ3) is 3.50. The summed E-state index contributed by atoms with van der Waals surface area (Å²) in [4.78, 5) is 14.6. The summed E-state index contributed by atoms with van der Waals surface area (Å²) >= 11 is 0. The lowest BCUT2D eigenvalue weighted by molar-refractivity contribution is 0.0949. The molecule has 1 aliphatic carbocycles. The maximum Gasteiger partial charge on any atom is 0.287 e. The molecule has 4 heteroatoms. The van der Waals surface area contributed by atoms with Crippen LogP contribution >= 0.6 is 0 Å². The summed E-state index contributed by atoms with van der Waals surface area (Å²) in [7, 11) is 0. The van der Waals surface area contributed by atoms with Gasteiger partial charge in [-0.05, 0) is 49.1 Å². The van der Waals surface area contributed by atoms with E-state index in [1.807, 2.05) is 0 Å². The van der Waals surface area contributed by atoms with Gasteiger partial charge in [-0.25, -0.2) is 5.43 Å². The molecule has 1 heterocycles. The highest BCUT2D eigenvalue weighted by molar-refractivity contribution is 5.94. The number of amides is 1. The van der Waals surface area contributed by atoms with Crippen molar-refractivity contribution in [2.75, 3.05) is 0 Å². The predicted molar refractivity (Wildman–Crippen MR) is 81.7 cm³/mol. The Morgan fingerprint density at radius 3 is 2.70 bits per heavy atom. The van der Waals surface area contributed by atoms with Crippen molar-refractivity contribution in [3.63, 3.8) is 0 Å². The van der Waals surface area contributed by atoms with Gasteiger partial charge in [-0.3, -0.25) is 4.79 Å². The van der Waals surface area contributed by atoms with Crippen LogP contribution in [0.1, 0.15) is 63.4 Å². The second-order valence-corrected chi connectivity index (χ2v) is 6.32. The van der Waals surface area contributed by atoms with Gasteiger partial charge in [0, 0.05) is 11.9 Å². The number of aromatic amines is 1. The molecule has 0 aromatic carbocycles. The van der Waals surface area contributed by atoms with E-state index in [0.717, 1.165) is 24.5 Å². The monoisotopic (exact) mass is 275 g/mol. The molecule has 1 amide bonds. The van der Waals surface area contributed by atoms with Gasteiger partial charge in [0.1, 0.15) is 5.69 Å². The second-order valence-electron chi connectivity index (χ2n) is 6.32. The molecule has 0 spiro atoms. The van der Waals surface area contributed by atoms with Crippen LogP contribution in [0.4, 0.5) is 0 Å². The van der Waals surface area contributed by atoms with Crippen molar-refractivity contribution < 1.29 is 4.79 Å². The first kappa shape index (κ1) is 14.8. The molecule has 1 saturated carbocycles. The van der Waals surface area contributed by atoms with E-state index in [1.165, 1.54) is 19.3 Å². The lowest BCUT2D eigenvalue weighted by atomic mass is 9.69. The van der Waals surface area contributed by atoms with Gasteiger partial charge in [0.05, 0.1) is 0 Å². The molecule has 0 bridgehead atoms. The molecule has 0 aliphatic heterocycles. The average Bonchev–Trinajstić information content (AvgIpc) is 2.99. The van der Waals surface area contributed by atoms with Gasteiger partial charge >= 0.3 is 0 Å². The smallest absolute Gasteiger partial charge is 0.287 e. The lowest BCUT2D eigenvalue weighted by Gasteiger charge is -2.36. The van der Waals surface area contributed by atoms with E-state index in [1.54, 1.807) is 18.3 Å². The highest BCUT2D eigenvalue weighted by atomic mass is 16.2. The summed E-state index contributed by atoms with van der Waals surface area (Å²) in [6.45, 7) is 6.97. The van der Waals surface area contributed by atoms with Gasteiger partial charge in [0.25, 0.3) is 5.91 Å². The van der Waals surface area contributed by atoms with E-state index in [-0.39, 0.29) is 5.91 Å². The van der Waals surface area contributed by atoms with E-state index in [4.69, 9.17) is 0 Å². The Hall–Kier alpha value is -1.58. The summed E-state index contributed by atoms with van der Waals surface area (Å²) in [6, 6.07) is 3.55. The fraction of sp³-hybridized carbons (Fsp3) is 0.625. The number of hydrogen-bond donors (Lipinski definition) is 2. The van der Waals surface area contributed by atoms with Gasteiger partial charge in [-0.2, -0.15) is 5.10 Å². The van der Waals surface area contributed by atoms with Crippen LogP contribution in [-0.2, 0) is 0 Å². The predicted octanol–water partition coefficient (Wildman–Crippen LogP) is 3.73. The SMILES string of the molecule is CCC(C)(C)C1CCC(=NNC(=O)c2ccc[nH]2)CC1. The van der Waals surface area contributed by atoms with Gasteiger partial charge in [-0.1, -0.05) is 27.2 Å². The molecular formula is C16H25N3O. The first-order valence-electron chi connectivity index (χ1n) is 7.52. The van der Waals surface area contributed by atoms with Crippen molar-refractivity contribution in [1.29, 1.82) is 0 Å². The standard InChI is InChI=1S/C16H25N3O/c1-4-16(2,3)12-7-9-13(10-8-12)18-19-15(20)14-6-5-11-17-14/h5-6,11-12,17H,4,7-10H2,1-3H3,(H,19,20). The minimum atomic E-state index is -0.168. The average molecular weight is 275 g/mol. The Labute approximate surface area is 121 Å². The molecule has 0 radical (unpaired) electrons. The molecular weight excluding hydrogens is 250 g/mol. The van der Waals surface area contributed by atoms with Crippen molar-refractivity contribution in [3.05, 3.63) is 24.0 Å². The summed E-state index contributed by atoms with van der Waals surface area (Å²) in [5.41, 5.74) is 4.73. The maximum atomic E-state index is 11.8. The Kier molecular flexibility index (Phi) is 4.63. The zero-order chi connectivity index (χ0) is 14.6. The van der Waals surface area contributed by atoms with Crippen molar-refractivity contribution in [2.24, 2.45) is 16.4 Å². The summed E-state index contributed by atoms with van der Waals surface area (Å²) in [5, 5.41) is 4.28. The van der Waals surface area contributed by atoms with E-state index >= 15 is 0 Å². The molecule has 1 aliphatic rings. The molecule has 1 fully saturated rings. The molecule has 1 aromatic rings. The third-order valence-corrected chi connectivity index (χ3v) is 4.74. The van der Waals surface area contributed by atoms with E-state index in [2.05, 4.69) is 36.3 Å². The van der Waals surface area contributed by atoms with E-state index in [9.17, 15) is 4.79 Å². The fourth-order valence-electron chi connectivity index (χ4n) is 2.79. The quantitative estimate of drug-likeness (QED) is 0.808. The fourth-order valence-corrected chi connectivity index (χ4v) is 2.79. The molecule has 0 saturated heterocycles. The molecule has 2 N–H and O–H groups in total. The van der Waals surface area contributed by atoms with Gasteiger partial charge in [-0.15, -0.1) is 0 Å². The van der Waals surface area contributed by atoms with Crippen molar-refractivity contribution in [3.8, 4) is 0 Å². The Morgan fingerprint density at radius 2 is 2.15 bits per heavy atom. The molecule has 0 atom stereocenters. The largest absolute Gasteiger partial charge is 0.357 e. The summed E-state index contributed by atoms with van der Waals surface area (Å²) < 4.78 is 0. The molecule has 4 nitrogen and oxygen atoms in total. The van der Waals surface area contributed by atoms with Crippen LogP contribution in [0.25, 0.3) is 0 Å². The summed E-state index contributed by atoms with van der Waals surface area (Å²) in [5.74, 6) is 0.601. The second kappa shape index (κ2) is 6.25. The third-order valence-electron chi connectivity index (χ3n) is 4.74. The van der Waals surface area contributed by atoms with Crippen LogP contribution in [0.5, 0.6) is 0 Å². The van der Waals surface area contributed by atoms with Crippen molar-refractivity contribution >= 4 is 11.6 Å². The van der Waals surface area contributed by atoms with Gasteiger partial charge < -0.3 is 4.98 Å². The molecule has 0 unspecified atom stereocenters. The van der Waals surface area contributed by atoms with E-state index in [0.29, 0.717) is 11.1 Å². The van der Waals surface area contributed by atoms with Crippen LogP contribution < -0.4 is 5.43 Å². The van der Waals surface area contributed by atoms with Gasteiger partial charge in [0.2, 0.25) is 0 Å². The van der Waals surface area contributed by atoms with Crippen LogP contribution in [0.2, 0.25) is 0 Å². The first-order chi connectivity index (χ1) is 9.53. The van der Waals surface area contributed by atoms with Gasteiger partial charge in [0.15, 0.2) is 0 Å². The maximum absolute atomic E-state index is 11.8. The van der Waals surface area contributed by atoms with E-state index < -0.39 is 0 Å². The number of carbonyl (C=O) groups excluding carboxylic acids is 1. The van der Waals surface area contributed by atoms with Crippen LogP contribution in [0.15, 0.2) is 23.4 Å². The molecule has 110 valence electrons. The number of hydrogen-bond acceptors (Lipinski definition) is 2. The molecule has 20 heavy (non-hydrogen) atoms. The highest BCUT2D eigenvalue weighted by Crippen LogP contribution is 2.39. The minimum absolute atomic E-state index is 0.168. The minimum Gasteiger partial charge on any atom is -0.357 e. The number of nitrogens with zero attached hydrogens (tertiary/aromatic N) is 1. The Morgan fingerprint density at radius 1 is 1.45 bits per heavy atom. The number of hydrazone groups is 1. The summed E-state index contributed by atoms with van der Waals surface area (Å²) in [6.07, 6.45) is 7.31. The number of carbonyl (C=O) groups is 1. The first-order valence-corrected chi connectivity index (χ1v) is 7.52. The topological polar surface area (TPSA) is 57.2 Å². The highest BCUT2D eigenvalue weighted by Gasteiger charge is 2.30. The Balaban J connectivity index is 1.85. The Bertz CT molecular complexity index is 464. The lowest BCUT2D eigenvalue weighted by Crippen LogP contribution is -2.29. The number of rotatable bonds is 4. The van der Waals surface area contributed by atoms with Crippen molar-refractivity contribution in [1.82, 2.24) is 10.4 Å². The number of nitrogens with one attached hydrogen (secondary N) is 2. The van der Waals surface area contributed by atoms with Crippen LogP contribution in [-0.4, -0.2) is 16.6 Å². The normalized spacial score (nSPS) is 19.8. The zero-order valence-corrected chi connectivity index (χ0v) is 12.7. The number of H-pyrrole nitrogens is 1. The van der Waals surface area contributed by atoms with Crippen molar-refractivity contribution in [2.45, 2.75) is 52.9 Å².